The van der Waals surface area contributed by atoms with Crippen LogP contribution in [-0.4, -0.2) is 10.9 Å². The van der Waals surface area contributed by atoms with Gasteiger partial charge in [-0.1, -0.05) is 0 Å². The van der Waals surface area contributed by atoms with Crippen molar-refractivity contribution in [1.82, 2.24) is 4.98 Å². The third kappa shape index (κ3) is 3.05. The molecule has 1 aromatic heterocycles. The Morgan fingerprint density at radius 1 is 1.26 bits per heavy atom. The third-order valence-electron chi connectivity index (χ3n) is 2.29. The first-order chi connectivity index (χ1) is 8.97. The molecule has 1 amide bonds. The molecule has 0 aliphatic carbocycles. The van der Waals surface area contributed by atoms with Gasteiger partial charge in [0.25, 0.3) is 5.91 Å². The number of nitrogens with two attached hydrogens (primary N) is 1. The molecular formula is C12H8BrF2N3O. The molecule has 2 aromatic rings. The van der Waals surface area contributed by atoms with Gasteiger partial charge in [-0.3, -0.25) is 9.78 Å². The minimum Gasteiger partial charge on any atom is -0.397 e. The van der Waals surface area contributed by atoms with Crippen LogP contribution in [0.2, 0.25) is 0 Å². The van der Waals surface area contributed by atoms with Crippen LogP contribution in [0.4, 0.5) is 20.2 Å². The second kappa shape index (κ2) is 5.31. The Bertz CT molecular complexity index is 626. The van der Waals surface area contributed by atoms with E-state index in [-0.39, 0.29) is 16.9 Å². The summed E-state index contributed by atoms with van der Waals surface area (Å²) in [6.45, 7) is 0. The predicted octanol–water partition coefficient (Wildman–Crippen LogP) is 2.96. The maximum atomic E-state index is 13.5. The highest BCUT2D eigenvalue weighted by Crippen LogP contribution is 2.24. The van der Waals surface area contributed by atoms with Gasteiger partial charge in [0.2, 0.25) is 0 Å². The average Bonchev–Trinajstić information content (AvgIpc) is 2.33. The summed E-state index contributed by atoms with van der Waals surface area (Å²) in [5, 5.41) is 2.28. The molecule has 2 rings (SSSR count). The van der Waals surface area contributed by atoms with E-state index in [2.05, 4.69) is 26.2 Å². The minimum atomic E-state index is -0.936. The van der Waals surface area contributed by atoms with Gasteiger partial charge < -0.3 is 11.1 Å². The lowest BCUT2D eigenvalue weighted by Crippen LogP contribution is -2.15. The molecule has 0 bridgehead atoms. The molecule has 0 saturated carbocycles. The van der Waals surface area contributed by atoms with Gasteiger partial charge >= 0.3 is 0 Å². The van der Waals surface area contributed by atoms with Gasteiger partial charge in [-0.05, 0) is 28.1 Å². The molecule has 1 heterocycles. The van der Waals surface area contributed by atoms with Gasteiger partial charge in [0.05, 0.1) is 11.3 Å². The van der Waals surface area contributed by atoms with Crippen LogP contribution in [-0.2, 0) is 0 Å². The van der Waals surface area contributed by atoms with E-state index in [1.54, 1.807) is 0 Å². The lowest BCUT2D eigenvalue weighted by atomic mass is 10.2. The first kappa shape index (κ1) is 13.4. The Labute approximate surface area is 115 Å². The maximum Gasteiger partial charge on any atom is 0.257 e. The number of nitrogen functional groups attached to an aromatic ring is 1. The number of amides is 1. The number of carbonyl (C=O) groups excluding carboxylic acids is 1. The van der Waals surface area contributed by atoms with Crippen LogP contribution in [0.5, 0.6) is 0 Å². The Balaban J connectivity index is 2.29. The highest BCUT2D eigenvalue weighted by atomic mass is 79.9. The van der Waals surface area contributed by atoms with Crippen LogP contribution in [0.25, 0.3) is 0 Å². The molecule has 7 heteroatoms. The molecule has 0 unspecified atom stereocenters. The smallest absolute Gasteiger partial charge is 0.257 e. The second-order valence-corrected chi connectivity index (χ2v) is 4.61. The first-order valence-electron chi connectivity index (χ1n) is 5.14. The second-order valence-electron chi connectivity index (χ2n) is 3.70. The fourth-order valence-electron chi connectivity index (χ4n) is 1.45. The minimum absolute atomic E-state index is 0.186. The Morgan fingerprint density at radius 3 is 2.63 bits per heavy atom. The van der Waals surface area contributed by atoms with Crippen molar-refractivity contribution in [2.75, 3.05) is 11.1 Å². The summed E-state index contributed by atoms with van der Waals surface area (Å²) in [5.74, 6) is -2.34. The van der Waals surface area contributed by atoms with E-state index in [0.717, 1.165) is 6.07 Å². The number of anilines is 2. The van der Waals surface area contributed by atoms with E-state index in [0.29, 0.717) is 10.5 Å². The van der Waals surface area contributed by atoms with E-state index in [1.807, 2.05) is 0 Å². The summed E-state index contributed by atoms with van der Waals surface area (Å²) in [7, 11) is 0. The molecule has 0 fully saturated rings. The van der Waals surface area contributed by atoms with Crippen LogP contribution >= 0.6 is 15.9 Å². The molecule has 19 heavy (non-hydrogen) atoms. The largest absolute Gasteiger partial charge is 0.397 e. The number of hydrogen-bond acceptors (Lipinski definition) is 3. The van der Waals surface area contributed by atoms with Crippen molar-refractivity contribution in [2.45, 2.75) is 0 Å². The quantitative estimate of drug-likeness (QED) is 0.833. The number of nitrogens with zero attached hydrogens (tertiary/aromatic N) is 1. The van der Waals surface area contributed by atoms with Gasteiger partial charge in [0, 0.05) is 22.9 Å². The number of rotatable bonds is 2. The average molecular weight is 328 g/mol. The lowest BCUT2D eigenvalue weighted by Gasteiger charge is -2.09. The fourth-order valence-corrected chi connectivity index (χ4v) is 1.81. The summed E-state index contributed by atoms with van der Waals surface area (Å²) < 4.78 is 27.0. The van der Waals surface area contributed by atoms with Crippen molar-refractivity contribution in [1.29, 1.82) is 0 Å². The van der Waals surface area contributed by atoms with Gasteiger partial charge in [0.1, 0.15) is 11.5 Å². The SMILES string of the molecule is Nc1cc(F)cc(F)c1NC(=O)c1cncc(Br)c1. The van der Waals surface area contributed by atoms with E-state index in [4.69, 9.17) is 5.73 Å². The molecule has 0 aliphatic heterocycles. The number of hydrogen-bond donors (Lipinski definition) is 2. The van der Waals surface area contributed by atoms with Crippen LogP contribution in [0.3, 0.4) is 0 Å². The van der Waals surface area contributed by atoms with Crippen molar-refractivity contribution >= 4 is 33.2 Å². The number of pyridine rings is 1. The molecule has 0 radical (unpaired) electrons. The van der Waals surface area contributed by atoms with Crippen molar-refractivity contribution in [3.63, 3.8) is 0 Å². The molecule has 0 atom stereocenters. The zero-order chi connectivity index (χ0) is 14.0. The number of nitrogens with one attached hydrogen (secondary N) is 1. The van der Waals surface area contributed by atoms with Crippen LogP contribution in [0.15, 0.2) is 35.1 Å². The van der Waals surface area contributed by atoms with Crippen LogP contribution in [0, 0.1) is 11.6 Å². The molecule has 0 aliphatic rings. The van der Waals surface area contributed by atoms with Crippen molar-refractivity contribution in [2.24, 2.45) is 0 Å². The summed E-state index contributed by atoms with van der Waals surface area (Å²) >= 11 is 3.16. The Hall–Kier alpha value is -2.02. The molecule has 1 aromatic carbocycles. The monoisotopic (exact) mass is 327 g/mol. The van der Waals surface area contributed by atoms with Crippen molar-refractivity contribution < 1.29 is 13.6 Å². The zero-order valence-corrected chi connectivity index (χ0v) is 11.0. The fraction of sp³-hybridized carbons (Fsp3) is 0. The molecule has 98 valence electrons. The number of halogens is 3. The van der Waals surface area contributed by atoms with Gasteiger partial charge in [-0.2, -0.15) is 0 Å². The highest BCUT2D eigenvalue weighted by Gasteiger charge is 2.14. The number of carbonyl (C=O) groups is 1. The van der Waals surface area contributed by atoms with E-state index < -0.39 is 17.5 Å². The van der Waals surface area contributed by atoms with Crippen LogP contribution < -0.4 is 11.1 Å². The molecule has 0 spiro atoms. The topological polar surface area (TPSA) is 68.0 Å². The predicted molar refractivity (Wildman–Crippen MR) is 70.7 cm³/mol. The molecule has 3 N–H and O–H groups in total. The van der Waals surface area contributed by atoms with Gasteiger partial charge in [-0.25, -0.2) is 8.78 Å². The lowest BCUT2D eigenvalue weighted by molar-refractivity contribution is 0.102. The molecular weight excluding hydrogens is 320 g/mol. The zero-order valence-electron chi connectivity index (χ0n) is 9.45. The normalized spacial score (nSPS) is 10.3. The third-order valence-corrected chi connectivity index (χ3v) is 2.72. The summed E-state index contributed by atoms with van der Waals surface area (Å²) in [6, 6.07) is 3.09. The first-order valence-corrected chi connectivity index (χ1v) is 5.93. The Kier molecular flexibility index (Phi) is 3.75. The standard InChI is InChI=1S/C12H8BrF2N3O/c13-7-1-6(4-17-5-7)12(19)18-11-9(15)2-8(14)3-10(11)16/h1-5H,16H2,(H,18,19). The number of aromatic nitrogens is 1. The van der Waals surface area contributed by atoms with E-state index in [9.17, 15) is 13.6 Å². The summed E-state index contributed by atoms with van der Waals surface area (Å²) in [4.78, 5) is 15.7. The molecule has 4 nitrogen and oxygen atoms in total. The Morgan fingerprint density at radius 2 is 2.00 bits per heavy atom. The van der Waals surface area contributed by atoms with E-state index >= 15 is 0 Å². The highest BCUT2D eigenvalue weighted by molar-refractivity contribution is 9.10. The maximum absolute atomic E-state index is 13.5. The summed E-state index contributed by atoms with van der Waals surface area (Å²) in [5.41, 5.74) is 5.23. The number of benzene rings is 1. The van der Waals surface area contributed by atoms with Gasteiger partial charge in [-0.15, -0.1) is 0 Å². The summed E-state index contributed by atoms with van der Waals surface area (Å²) in [6.07, 6.45) is 2.82. The van der Waals surface area contributed by atoms with Crippen molar-refractivity contribution in [3.8, 4) is 0 Å². The van der Waals surface area contributed by atoms with Crippen molar-refractivity contribution in [3.05, 3.63) is 52.3 Å². The molecule has 0 saturated heterocycles. The van der Waals surface area contributed by atoms with Gasteiger partial charge in [0.15, 0.2) is 5.82 Å². The van der Waals surface area contributed by atoms with Crippen LogP contribution in [0.1, 0.15) is 10.4 Å². The van der Waals surface area contributed by atoms with E-state index in [1.165, 1.54) is 18.5 Å².